The van der Waals surface area contributed by atoms with Crippen molar-refractivity contribution < 1.29 is 5.11 Å². The average Bonchev–Trinajstić information content (AvgIpc) is 2.47. The molecular formula is C24H34O. The predicted octanol–water partition coefficient (Wildman–Crippen LogP) is 6.50. The fourth-order valence-corrected chi connectivity index (χ4v) is 3.49. The van der Waals surface area contributed by atoms with Crippen molar-refractivity contribution >= 4 is 0 Å². The van der Waals surface area contributed by atoms with E-state index in [1.807, 2.05) is 6.07 Å². The Hall–Kier alpha value is -1.76. The van der Waals surface area contributed by atoms with Crippen molar-refractivity contribution in [3.8, 4) is 5.75 Å². The number of rotatable bonds is 2. The third-order valence-electron chi connectivity index (χ3n) is 5.39. The predicted molar refractivity (Wildman–Crippen MR) is 109 cm³/mol. The molecule has 0 spiro atoms. The highest BCUT2D eigenvalue weighted by atomic mass is 16.3. The quantitative estimate of drug-likeness (QED) is 0.662. The highest BCUT2D eigenvalue weighted by molar-refractivity contribution is 5.50. The van der Waals surface area contributed by atoms with Crippen molar-refractivity contribution in [2.24, 2.45) is 0 Å². The van der Waals surface area contributed by atoms with Crippen LogP contribution in [0.4, 0.5) is 0 Å². The van der Waals surface area contributed by atoms with E-state index in [-0.39, 0.29) is 10.8 Å². The smallest absolute Gasteiger partial charge is 0.119 e. The molecule has 1 nitrogen and oxygen atoms in total. The second-order valence-electron chi connectivity index (χ2n) is 9.49. The summed E-state index contributed by atoms with van der Waals surface area (Å²) in [4.78, 5) is 0. The van der Waals surface area contributed by atoms with Crippen molar-refractivity contribution in [1.29, 1.82) is 0 Å². The highest BCUT2D eigenvalue weighted by Gasteiger charge is 2.25. The molecule has 1 N–H and O–H groups in total. The van der Waals surface area contributed by atoms with E-state index in [0.29, 0.717) is 5.75 Å². The van der Waals surface area contributed by atoms with E-state index in [9.17, 15) is 5.11 Å². The summed E-state index contributed by atoms with van der Waals surface area (Å²) < 4.78 is 0. The van der Waals surface area contributed by atoms with Crippen LogP contribution in [0.1, 0.15) is 80.5 Å². The SMILES string of the molecule is Cc1ccc(Cc2cc(C(C)(C)C)c(O)cc2C(C)(C)C)c(C)c1C. The molecule has 2 rings (SSSR count). The number of aryl methyl sites for hydroxylation is 1. The van der Waals surface area contributed by atoms with Crippen molar-refractivity contribution in [2.45, 2.75) is 79.6 Å². The van der Waals surface area contributed by atoms with Crippen LogP contribution in [0.2, 0.25) is 0 Å². The third kappa shape index (κ3) is 4.08. The van der Waals surface area contributed by atoms with E-state index in [1.54, 1.807) is 0 Å². The molecule has 0 aliphatic heterocycles. The van der Waals surface area contributed by atoms with Gasteiger partial charge in [0, 0.05) is 0 Å². The normalized spacial score (nSPS) is 12.5. The van der Waals surface area contributed by atoms with E-state index in [4.69, 9.17) is 0 Å². The summed E-state index contributed by atoms with van der Waals surface area (Å²) in [6.07, 6.45) is 0.906. The van der Waals surface area contributed by atoms with Gasteiger partial charge in [-0.1, -0.05) is 59.7 Å². The Morgan fingerprint density at radius 1 is 0.720 bits per heavy atom. The summed E-state index contributed by atoms with van der Waals surface area (Å²) in [6, 6.07) is 8.70. The Labute approximate surface area is 154 Å². The van der Waals surface area contributed by atoms with Gasteiger partial charge in [-0.2, -0.15) is 0 Å². The molecule has 0 aliphatic carbocycles. The van der Waals surface area contributed by atoms with Crippen LogP contribution in [0, 0.1) is 20.8 Å². The Morgan fingerprint density at radius 3 is 1.80 bits per heavy atom. The minimum Gasteiger partial charge on any atom is -0.508 e. The van der Waals surface area contributed by atoms with Crippen molar-refractivity contribution in [1.82, 2.24) is 0 Å². The molecule has 136 valence electrons. The van der Waals surface area contributed by atoms with Gasteiger partial charge in [0.05, 0.1) is 0 Å². The first-order valence-electron chi connectivity index (χ1n) is 9.25. The van der Waals surface area contributed by atoms with Crippen LogP contribution in [0.5, 0.6) is 5.75 Å². The number of phenols is 1. The number of benzene rings is 2. The molecular weight excluding hydrogens is 304 g/mol. The van der Waals surface area contributed by atoms with Gasteiger partial charge < -0.3 is 5.11 Å². The Kier molecular flexibility index (Phi) is 5.10. The lowest BCUT2D eigenvalue weighted by Crippen LogP contribution is -2.18. The molecule has 0 bridgehead atoms. The minimum atomic E-state index is -0.0759. The summed E-state index contributed by atoms with van der Waals surface area (Å²) >= 11 is 0. The fraction of sp³-hybridized carbons (Fsp3) is 0.500. The lowest BCUT2D eigenvalue weighted by molar-refractivity contribution is 0.442. The second-order valence-corrected chi connectivity index (χ2v) is 9.49. The molecule has 1 heteroatoms. The first-order chi connectivity index (χ1) is 11.3. The zero-order valence-electron chi connectivity index (χ0n) is 17.5. The summed E-state index contributed by atoms with van der Waals surface area (Å²) in [5, 5.41) is 10.6. The summed E-state index contributed by atoms with van der Waals surface area (Å²) in [7, 11) is 0. The van der Waals surface area contributed by atoms with Crippen LogP contribution in [0.25, 0.3) is 0 Å². The van der Waals surface area contributed by atoms with E-state index >= 15 is 0 Å². The molecule has 0 aliphatic rings. The first-order valence-corrected chi connectivity index (χ1v) is 9.25. The van der Waals surface area contributed by atoms with Crippen LogP contribution in [-0.4, -0.2) is 5.11 Å². The molecule has 0 radical (unpaired) electrons. The van der Waals surface area contributed by atoms with Crippen molar-refractivity contribution in [3.63, 3.8) is 0 Å². The Morgan fingerprint density at radius 2 is 1.28 bits per heavy atom. The first kappa shape index (κ1) is 19.6. The van der Waals surface area contributed by atoms with Gasteiger partial charge in [-0.25, -0.2) is 0 Å². The molecule has 0 saturated carbocycles. The molecule has 0 fully saturated rings. The number of phenolic OH excluding ortho intramolecular Hbond substituents is 1. The molecule has 25 heavy (non-hydrogen) atoms. The molecule has 0 aromatic heterocycles. The van der Waals surface area contributed by atoms with E-state index in [1.165, 1.54) is 33.4 Å². The van der Waals surface area contributed by atoms with Crippen molar-refractivity contribution in [2.75, 3.05) is 0 Å². The molecule has 2 aromatic carbocycles. The standard InChI is InChI=1S/C24H34O/c1-15-10-11-18(17(3)16(15)2)12-19-13-21(24(7,8)9)22(25)14-20(19)23(4,5)6/h10-11,13-14,25H,12H2,1-9H3. The monoisotopic (exact) mass is 338 g/mol. The maximum absolute atomic E-state index is 10.6. The summed E-state index contributed by atoms with van der Waals surface area (Å²) in [5.41, 5.74) is 8.98. The molecule has 0 heterocycles. The zero-order chi connectivity index (χ0) is 19.2. The molecule has 0 saturated heterocycles. The topological polar surface area (TPSA) is 20.2 Å². The summed E-state index contributed by atoms with van der Waals surface area (Å²) in [6.45, 7) is 19.7. The van der Waals surface area contributed by atoms with Crippen LogP contribution < -0.4 is 0 Å². The Balaban J connectivity index is 2.65. The second kappa shape index (κ2) is 6.52. The minimum absolute atomic E-state index is 0.00310. The maximum atomic E-state index is 10.6. The van der Waals surface area contributed by atoms with Gasteiger partial charge in [0.25, 0.3) is 0 Å². The summed E-state index contributed by atoms with van der Waals surface area (Å²) in [5.74, 6) is 0.415. The molecule has 0 amide bonds. The molecule has 0 unspecified atom stereocenters. The zero-order valence-corrected chi connectivity index (χ0v) is 17.5. The van der Waals surface area contributed by atoms with Gasteiger partial charge in [0.1, 0.15) is 5.75 Å². The van der Waals surface area contributed by atoms with Gasteiger partial charge in [-0.15, -0.1) is 0 Å². The van der Waals surface area contributed by atoms with Gasteiger partial charge in [0.2, 0.25) is 0 Å². The van der Waals surface area contributed by atoms with Gasteiger partial charge >= 0.3 is 0 Å². The van der Waals surface area contributed by atoms with Crippen LogP contribution >= 0.6 is 0 Å². The van der Waals surface area contributed by atoms with E-state index < -0.39 is 0 Å². The molecule has 0 atom stereocenters. The van der Waals surface area contributed by atoms with Crippen LogP contribution in [-0.2, 0) is 17.3 Å². The number of hydrogen-bond acceptors (Lipinski definition) is 1. The number of aromatic hydroxyl groups is 1. The largest absolute Gasteiger partial charge is 0.508 e. The average molecular weight is 339 g/mol. The van der Waals surface area contributed by atoms with Crippen molar-refractivity contribution in [3.05, 3.63) is 63.2 Å². The van der Waals surface area contributed by atoms with Gasteiger partial charge in [-0.05, 0) is 83.0 Å². The molecule has 2 aromatic rings. The lowest BCUT2D eigenvalue weighted by Gasteiger charge is -2.28. The van der Waals surface area contributed by atoms with E-state index in [2.05, 4.69) is 80.5 Å². The lowest BCUT2D eigenvalue weighted by atomic mass is 9.77. The van der Waals surface area contributed by atoms with Crippen LogP contribution in [0.15, 0.2) is 24.3 Å². The van der Waals surface area contributed by atoms with Crippen LogP contribution in [0.3, 0.4) is 0 Å². The van der Waals surface area contributed by atoms with Gasteiger partial charge in [-0.3, -0.25) is 0 Å². The number of hydrogen-bond donors (Lipinski definition) is 1. The fourth-order valence-electron chi connectivity index (χ4n) is 3.49. The van der Waals surface area contributed by atoms with E-state index in [0.717, 1.165) is 12.0 Å². The highest BCUT2D eigenvalue weighted by Crippen LogP contribution is 2.38. The Bertz CT molecular complexity index is 783. The van der Waals surface area contributed by atoms with Gasteiger partial charge in [0.15, 0.2) is 0 Å². The third-order valence-corrected chi connectivity index (χ3v) is 5.39. The maximum Gasteiger partial charge on any atom is 0.119 e.